The lowest BCUT2D eigenvalue weighted by atomic mass is 9.96. The van der Waals surface area contributed by atoms with E-state index in [1.54, 1.807) is 16.8 Å². The van der Waals surface area contributed by atoms with Gasteiger partial charge in [-0.2, -0.15) is 13.2 Å². The number of rotatable bonds is 3. The fourth-order valence-corrected chi connectivity index (χ4v) is 3.50. The van der Waals surface area contributed by atoms with E-state index in [0.717, 1.165) is 0 Å². The van der Waals surface area contributed by atoms with Crippen molar-refractivity contribution in [3.63, 3.8) is 0 Å². The Kier molecular flexibility index (Phi) is 4.39. The van der Waals surface area contributed by atoms with E-state index in [1.807, 2.05) is 0 Å². The standard InChI is InChI=1S/C14H12Cl2F3N3O2/c15-7-1-11(16)12-20-8(4-22(12)2-7)3-21-5-9(13(23)24)10(6-21)14(17,18)19/h1-2,4,9-10H,3,5-6H2,(H,23,24)/t9-,10-/m1/s1. The first kappa shape index (κ1) is 17.3. The summed E-state index contributed by atoms with van der Waals surface area (Å²) < 4.78 is 40.6. The van der Waals surface area contributed by atoms with Gasteiger partial charge in [0.2, 0.25) is 0 Å². The van der Waals surface area contributed by atoms with E-state index in [1.165, 1.54) is 11.0 Å². The number of likely N-dealkylation sites (tertiary alicyclic amines) is 1. The number of hydrogen-bond acceptors (Lipinski definition) is 3. The van der Waals surface area contributed by atoms with E-state index in [0.29, 0.717) is 21.4 Å². The maximum atomic E-state index is 13.0. The smallest absolute Gasteiger partial charge is 0.393 e. The summed E-state index contributed by atoms with van der Waals surface area (Å²) in [7, 11) is 0. The Labute approximate surface area is 144 Å². The highest BCUT2D eigenvalue weighted by molar-refractivity contribution is 6.36. The zero-order valence-corrected chi connectivity index (χ0v) is 13.6. The first-order valence-electron chi connectivity index (χ1n) is 6.99. The van der Waals surface area contributed by atoms with Gasteiger partial charge in [-0.05, 0) is 6.07 Å². The van der Waals surface area contributed by atoms with Crippen LogP contribution in [-0.4, -0.2) is 44.6 Å². The highest BCUT2D eigenvalue weighted by Gasteiger charge is 2.52. The Bertz CT molecular complexity index is 793. The minimum Gasteiger partial charge on any atom is -0.481 e. The van der Waals surface area contributed by atoms with Gasteiger partial charge in [-0.15, -0.1) is 0 Å². The largest absolute Gasteiger partial charge is 0.481 e. The van der Waals surface area contributed by atoms with Gasteiger partial charge in [0.05, 0.1) is 27.6 Å². The molecule has 0 amide bonds. The summed E-state index contributed by atoms with van der Waals surface area (Å²) in [6, 6.07) is 1.52. The second-order valence-electron chi connectivity index (χ2n) is 5.76. The number of carboxylic acids is 1. The van der Waals surface area contributed by atoms with Crippen LogP contribution in [0.3, 0.4) is 0 Å². The molecule has 3 heterocycles. The third-order valence-corrected chi connectivity index (χ3v) is 4.53. The van der Waals surface area contributed by atoms with Gasteiger partial charge < -0.3 is 9.51 Å². The van der Waals surface area contributed by atoms with Gasteiger partial charge in [0, 0.05) is 32.0 Å². The Morgan fingerprint density at radius 3 is 2.62 bits per heavy atom. The van der Waals surface area contributed by atoms with Crippen molar-refractivity contribution in [1.82, 2.24) is 14.3 Å². The minimum atomic E-state index is -4.55. The molecule has 0 spiro atoms. The van der Waals surface area contributed by atoms with Crippen LogP contribution in [-0.2, 0) is 11.3 Å². The molecule has 1 fully saturated rings. The molecule has 1 saturated heterocycles. The van der Waals surface area contributed by atoms with E-state index in [4.69, 9.17) is 28.3 Å². The topological polar surface area (TPSA) is 57.8 Å². The van der Waals surface area contributed by atoms with Crippen molar-refractivity contribution in [1.29, 1.82) is 0 Å². The van der Waals surface area contributed by atoms with E-state index in [9.17, 15) is 18.0 Å². The van der Waals surface area contributed by atoms with Gasteiger partial charge in [-0.1, -0.05) is 23.2 Å². The van der Waals surface area contributed by atoms with Crippen LogP contribution >= 0.6 is 23.2 Å². The molecule has 2 atom stereocenters. The quantitative estimate of drug-likeness (QED) is 0.885. The Balaban J connectivity index is 1.82. The number of alkyl halides is 3. The van der Waals surface area contributed by atoms with Crippen molar-refractivity contribution in [3.8, 4) is 0 Å². The number of fused-ring (bicyclic) bond motifs is 1. The van der Waals surface area contributed by atoms with Gasteiger partial charge in [0.25, 0.3) is 0 Å². The molecule has 2 aromatic heterocycles. The van der Waals surface area contributed by atoms with Gasteiger partial charge in [0.15, 0.2) is 5.65 Å². The number of nitrogens with zero attached hydrogens (tertiary/aromatic N) is 3. The molecule has 24 heavy (non-hydrogen) atoms. The third kappa shape index (κ3) is 3.31. The average Bonchev–Trinajstić information content (AvgIpc) is 3.02. The molecule has 1 N–H and O–H groups in total. The number of imidazole rings is 1. The van der Waals surface area contributed by atoms with Crippen LogP contribution in [0.25, 0.3) is 5.65 Å². The number of carboxylic acid groups (broad SMARTS) is 1. The maximum absolute atomic E-state index is 13.0. The van der Waals surface area contributed by atoms with Crippen LogP contribution in [0.2, 0.25) is 10.0 Å². The van der Waals surface area contributed by atoms with Crippen molar-refractivity contribution in [3.05, 3.63) is 34.2 Å². The molecule has 130 valence electrons. The lowest BCUT2D eigenvalue weighted by Crippen LogP contribution is -2.33. The number of carbonyl (C=O) groups is 1. The molecule has 0 aromatic carbocycles. The van der Waals surface area contributed by atoms with Gasteiger partial charge in [0.1, 0.15) is 0 Å². The van der Waals surface area contributed by atoms with Crippen LogP contribution in [0.5, 0.6) is 0 Å². The highest BCUT2D eigenvalue weighted by atomic mass is 35.5. The molecule has 0 unspecified atom stereocenters. The van der Waals surface area contributed by atoms with E-state index >= 15 is 0 Å². The van der Waals surface area contributed by atoms with E-state index < -0.39 is 24.0 Å². The van der Waals surface area contributed by atoms with Crippen LogP contribution in [0.1, 0.15) is 5.69 Å². The van der Waals surface area contributed by atoms with Crippen molar-refractivity contribution in [2.75, 3.05) is 13.1 Å². The second-order valence-corrected chi connectivity index (χ2v) is 6.60. The van der Waals surface area contributed by atoms with Crippen LogP contribution in [0.4, 0.5) is 13.2 Å². The maximum Gasteiger partial charge on any atom is 0.393 e. The summed E-state index contributed by atoms with van der Waals surface area (Å²) in [4.78, 5) is 16.8. The fraction of sp³-hybridized carbons (Fsp3) is 0.429. The summed E-state index contributed by atoms with van der Waals surface area (Å²) in [6.07, 6.45) is -1.35. The zero-order chi connectivity index (χ0) is 17.6. The van der Waals surface area contributed by atoms with Gasteiger partial charge in [-0.25, -0.2) is 4.98 Å². The SMILES string of the molecule is O=C(O)[C@@H]1CN(Cc2cn3cc(Cl)cc(Cl)c3n2)C[C@H]1C(F)(F)F. The minimum absolute atomic E-state index is 0.103. The zero-order valence-electron chi connectivity index (χ0n) is 12.1. The normalized spacial score (nSPS) is 22.4. The van der Waals surface area contributed by atoms with Crippen molar-refractivity contribution < 1.29 is 23.1 Å². The predicted molar refractivity (Wildman–Crippen MR) is 81.2 cm³/mol. The Morgan fingerprint density at radius 1 is 1.33 bits per heavy atom. The second kappa shape index (κ2) is 6.09. The number of aromatic nitrogens is 2. The van der Waals surface area contributed by atoms with Crippen molar-refractivity contribution in [2.45, 2.75) is 12.7 Å². The Morgan fingerprint density at radius 2 is 2.04 bits per heavy atom. The first-order valence-corrected chi connectivity index (χ1v) is 7.75. The lowest BCUT2D eigenvalue weighted by Gasteiger charge is -2.18. The molecule has 10 heteroatoms. The average molecular weight is 382 g/mol. The molecule has 1 aliphatic heterocycles. The van der Waals surface area contributed by atoms with Crippen LogP contribution in [0, 0.1) is 11.8 Å². The van der Waals surface area contributed by atoms with Crippen LogP contribution < -0.4 is 0 Å². The number of aliphatic carboxylic acids is 1. The summed E-state index contributed by atoms with van der Waals surface area (Å²) in [5, 5.41) is 9.76. The van der Waals surface area contributed by atoms with Crippen molar-refractivity contribution >= 4 is 34.8 Å². The molecule has 5 nitrogen and oxygen atoms in total. The van der Waals surface area contributed by atoms with E-state index in [2.05, 4.69) is 4.98 Å². The molecule has 0 aliphatic carbocycles. The molecular formula is C14H12Cl2F3N3O2. The fourth-order valence-electron chi connectivity index (χ4n) is 2.98. The van der Waals surface area contributed by atoms with Crippen LogP contribution in [0.15, 0.2) is 18.5 Å². The van der Waals surface area contributed by atoms with Gasteiger partial charge >= 0.3 is 12.1 Å². The Hall–Kier alpha value is -1.51. The van der Waals surface area contributed by atoms with Crippen molar-refractivity contribution in [2.24, 2.45) is 11.8 Å². The summed E-state index contributed by atoms with van der Waals surface area (Å²) in [5.74, 6) is -4.80. The van der Waals surface area contributed by atoms with Gasteiger partial charge in [-0.3, -0.25) is 9.69 Å². The number of halogens is 5. The third-order valence-electron chi connectivity index (χ3n) is 4.04. The monoisotopic (exact) mass is 381 g/mol. The number of pyridine rings is 1. The number of hydrogen-bond donors (Lipinski definition) is 1. The molecule has 2 aromatic rings. The lowest BCUT2D eigenvalue weighted by molar-refractivity contribution is -0.188. The molecule has 0 radical (unpaired) electrons. The predicted octanol–water partition coefficient (Wildman–Crippen LogP) is 3.34. The molecule has 0 saturated carbocycles. The molecular weight excluding hydrogens is 370 g/mol. The summed E-state index contributed by atoms with van der Waals surface area (Å²) >= 11 is 11.9. The molecule has 1 aliphatic rings. The molecule has 3 rings (SSSR count). The summed E-state index contributed by atoms with van der Waals surface area (Å²) in [5.41, 5.74) is 0.934. The first-order chi connectivity index (χ1) is 11.1. The van der Waals surface area contributed by atoms with E-state index in [-0.39, 0.29) is 19.6 Å². The highest BCUT2D eigenvalue weighted by Crippen LogP contribution is 2.38. The summed E-state index contributed by atoms with van der Waals surface area (Å²) in [6.45, 7) is -0.448. The molecule has 0 bridgehead atoms.